The molecule has 0 aromatic heterocycles. The summed E-state index contributed by atoms with van der Waals surface area (Å²) in [5.41, 5.74) is 1.38. The standard InChI is InChI=1S/C18H21NO6S/c1-12-9-14(4-6-16(12)23-2)26(21,22)19-8-7-15(20)13-3-5-17-18(10-13)25-11-24-17/h3-6,9-10,15,19-20H,7-8,11H2,1-2H3. The molecule has 3 rings (SSSR count). The topological polar surface area (TPSA) is 94.1 Å². The summed E-state index contributed by atoms with van der Waals surface area (Å²) in [4.78, 5) is 0.161. The Kier molecular flexibility index (Phi) is 5.36. The third-order valence-electron chi connectivity index (χ3n) is 4.17. The smallest absolute Gasteiger partial charge is 0.240 e. The second-order valence-electron chi connectivity index (χ2n) is 5.95. The molecule has 0 spiro atoms. The first-order valence-electron chi connectivity index (χ1n) is 8.12. The maximum Gasteiger partial charge on any atom is 0.240 e. The molecule has 2 aromatic carbocycles. The Morgan fingerprint density at radius 3 is 2.69 bits per heavy atom. The number of hydrogen-bond acceptors (Lipinski definition) is 6. The average Bonchev–Trinajstić information content (AvgIpc) is 3.09. The van der Waals surface area contributed by atoms with Gasteiger partial charge in [0.15, 0.2) is 11.5 Å². The molecule has 0 fully saturated rings. The van der Waals surface area contributed by atoms with E-state index in [2.05, 4.69) is 4.72 Å². The number of methoxy groups -OCH3 is 1. The van der Waals surface area contributed by atoms with E-state index in [0.717, 1.165) is 5.56 Å². The number of rotatable bonds is 7. The summed E-state index contributed by atoms with van der Waals surface area (Å²) in [6, 6.07) is 9.82. The van der Waals surface area contributed by atoms with Crippen LogP contribution in [0.1, 0.15) is 23.7 Å². The van der Waals surface area contributed by atoms with E-state index in [1.807, 2.05) is 0 Å². The minimum absolute atomic E-state index is 0.100. The number of sulfonamides is 1. The van der Waals surface area contributed by atoms with Gasteiger partial charge in [0.25, 0.3) is 0 Å². The molecule has 1 aliphatic heterocycles. The lowest BCUT2D eigenvalue weighted by molar-refractivity contribution is 0.166. The second kappa shape index (κ2) is 7.53. The summed E-state index contributed by atoms with van der Waals surface area (Å²) < 4.78 is 42.9. The fourth-order valence-electron chi connectivity index (χ4n) is 2.72. The van der Waals surface area contributed by atoms with Gasteiger partial charge in [0.2, 0.25) is 16.8 Å². The van der Waals surface area contributed by atoms with E-state index in [4.69, 9.17) is 14.2 Å². The Hall–Kier alpha value is -2.29. The molecule has 0 bridgehead atoms. The van der Waals surface area contributed by atoms with Crippen LogP contribution in [0.3, 0.4) is 0 Å². The van der Waals surface area contributed by atoms with Crippen molar-refractivity contribution in [1.29, 1.82) is 0 Å². The molecule has 2 N–H and O–H groups in total. The average molecular weight is 379 g/mol. The first kappa shape index (κ1) is 18.5. The summed E-state index contributed by atoms with van der Waals surface area (Å²) in [5, 5.41) is 10.3. The van der Waals surface area contributed by atoms with Crippen molar-refractivity contribution in [3.63, 3.8) is 0 Å². The molecule has 1 atom stereocenters. The predicted octanol–water partition coefficient (Wildman–Crippen LogP) is 2.13. The summed E-state index contributed by atoms with van der Waals surface area (Å²) >= 11 is 0. The van der Waals surface area contributed by atoms with Crippen molar-refractivity contribution in [1.82, 2.24) is 4.72 Å². The summed E-state index contributed by atoms with van der Waals surface area (Å²) in [5.74, 6) is 1.84. The number of hydrogen-bond donors (Lipinski definition) is 2. The van der Waals surface area contributed by atoms with Gasteiger partial charge in [0.05, 0.1) is 18.1 Å². The van der Waals surface area contributed by atoms with Gasteiger partial charge in [-0.3, -0.25) is 0 Å². The number of benzene rings is 2. The first-order valence-corrected chi connectivity index (χ1v) is 9.61. The van der Waals surface area contributed by atoms with E-state index in [-0.39, 0.29) is 24.7 Å². The number of aliphatic hydroxyl groups is 1. The van der Waals surface area contributed by atoms with Crippen molar-refractivity contribution < 1.29 is 27.7 Å². The molecular formula is C18H21NO6S. The van der Waals surface area contributed by atoms with Gasteiger partial charge < -0.3 is 19.3 Å². The zero-order chi connectivity index (χ0) is 18.7. The van der Waals surface area contributed by atoms with Gasteiger partial charge in [-0.05, 0) is 54.8 Å². The molecule has 0 saturated heterocycles. The minimum Gasteiger partial charge on any atom is -0.496 e. The maximum atomic E-state index is 12.4. The van der Waals surface area contributed by atoms with Gasteiger partial charge >= 0.3 is 0 Å². The number of aliphatic hydroxyl groups excluding tert-OH is 1. The Labute approximate surface area is 152 Å². The normalized spacial score (nSPS) is 14.3. The molecule has 0 saturated carbocycles. The van der Waals surface area contributed by atoms with E-state index < -0.39 is 16.1 Å². The van der Waals surface area contributed by atoms with E-state index in [1.165, 1.54) is 13.2 Å². The Morgan fingerprint density at radius 2 is 1.96 bits per heavy atom. The van der Waals surface area contributed by atoms with Crippen LogP contribution in [0.2, 0.25) is 0 Å². The van der Waals surface area contributed by atoms with Gasteiger partial charge in [-0.25, -0.2) is 13.1 Å². The SMILES string of the molecule is COc1ccc(S(=O)(=O)NCCC(O)c2ccc3c(c2)OCO3)cc1C. The molecule has 1 heterocycles. The van der Waals surface area contributed by atoms with Crippen molar-refractivity contribution >= 4 is 10.0 Å². The van der Waals surface area contributed by atoms with Gasteiger partial charge in [0.1, 0.15) is 5.75 Å². The van der Waals surface area contributed by atoms with Crippen LogP contribution in [-0.4, -0.2) is 34.0 Å². The number of aryl methyl sites for hydroxylation is 1. The van der Waals surface area contributed by atoms with Gasteiger partial charge in [-0.1, -0.05) is 6.07 Å². The zero-order valence-corrected chi connectivity index (χ0v) is 15.4. The molecule has 140 valence electrons. The lowest BCUT2D eigenvalue weighted by Crippen LogP contribution is -2.26. The Morgan fingerprint density at radius 1 is 1.19 bits per heavy atom. The van der Waals surface area contributed by atoms with Crippen LogP contribution in [0.15, 0.2) is 41.3 Å². The van der Waals surface area contributed by atoms with Gasteiger partial charge in [-0.2, -0.15) is 0 Å². The van der Waals surface area contributed by atoms with E-state index in [1.54, 1.807) is 37.3 Å². The first-order chi connectivity index (χ1) is 12.4. The van der Waals surface area contributed by atoms with E-state index >= 15 is 0 Å². The highest BCUT2D eigenvalue weighted by atomic mass is 32.2. The van der Waals surface area contributed by atoms with Crippen molar-refractivity contribution in [2.45, 2.75) is 24.3 Å². The Balaban J connectivity index is 1.60. The van der Waals surface area contributed by atoms with Crippen LogP contribution in [0, 0.1) is 6.92 Å². The largest absolute Gasteiger partial charge is 0.496 e. The lowest BCUT2D eigenvalue weighted by atomic mass is 10.1. The zero-order valence-electron chi connectivity index (χ0n) is 14.6. The minimum atomic E-state index is -3.66. The molecule has 26 heavy (non-hydrogen) atoms. The van der Waals surface area contributed by atoms with Crippen LogP contribution in [0.25, 0.3) is 0 Å². The highest BCUT2D eigenvalue weighted by Gasteiger charge is 2.19. The fraction of sp³-hybridized carbons (Fsp3) is 0.333. The molecule has 1 unspecified atom stereocenters. The summed E-state index contributed by atoms with van der Waals surface area (Å²) in [6.07, 6.45) is -0.585. The van der Waals surface area contributed by atoms with Crippen LogP contribution < -0.4 is 18.9 Å². The lowest BCUT2D eigenvalue weighted by Gasteiger charge is -2.13. The molecule has 0 aliphatic carbocycles. The fourth-order valence-corrected chi connectivity index (χ4v) is 3.85. The number of fused-ring (bicyclic) bond motifs is 1. The van der Waals surface area contributed by atoms with Crippen LogP contribution in [0.4, 0.5) is 0 Å². The molecule has 8 heteroatoms. The second-order valence-corrected chi connectivity index (χ2v) is 7.71. The van der Waals surface area contributed by atoms with Crippen LogP contribution in [-0.2, 0) is 10.0 Å². The summed E-state index contributed by atoms with van der Waals surface area (Å²) in [6.45, 7) is 2.04. The number of ether oxygens (including phenoxy) is 3. The highest BCUT2D eigenvalue weighted by Crippen LogP contribution is 2.34. The van der Waals surface area contributed by atoms with Crippen molar-refractivity contribution in [3.8, 4) is 17.2 Å². The van der Waals surface area contributed by atoms with Crippen LogP contribution >= 0.6 is 0 Å². The predicted molar refractivity (Wildman–Crippen MR) is 95.1 cm³/mol. The number of nitrogens with one attached hydrogen (secondary N) is 1. The molecule has 2 aromatic rings. The molecule has 1 aliphatic rings. The van der Waals surface area contributed by atoms with Crippen LogP contribution in [0.5, 0.6) is 17.2 Å². The third kappa shape index (κ3) is 3.92. The van der Waals surface area contributed by atoms with E-state index in [0.29, 0.717) is 22.8 Å². The summed E-state index contributed by atoms with van der Waals surface area (Å²) in [7, 11) is -2.12. The highest BCUT2D eigenvalue weighted by molar-refractivity contribution is 7.89. The molecule has 0 amide bonds. The monoisotopic (exact) mass is 379 g/mol. The van der Waals surface area contributed by atoms with Gasteiger partial charge in [-0.15, -0.1) is 0 Å². The van der Waals surface area contributed by atoms with Crippen molar-refractivity contribution in [2.24, 2.45) is 0 Å². The molecule has 7 nitrogen and oxygen atoms in total. The van der Waals surface area contributed by atoms with Crippen molar-refractivity contribution in [2.75, 3.05) is 20.4 Å². The van der Waals surface area contributed by atoms with E-state index in [9.17, 15) is 13.5 Å². The van der Waals surface area contributed by atoms with Gasteiger partial charge in [0, 0.05) is 6.54 Å². The quantitative estimate of drug-likeness (QED) is 0.765. The Bertz CT molecular complexity index is 897. The van der Waals surface area contributed by atoms with Crippen molar-refractivity contribution in [3.05, 3.63) is 47.5 Å². The molecular weight excluding hydrogens is 358 g/mol. The maximum absolute atomic E-state index is 12.4. The third-order valence-corrected chi connectivity index (χ3v) is 5.63. The molecule has 0 radical (unpaired) electrons.